The molecule has 2 heterocycles. The first-order valence-electron chi connectivity index (χ1n) is 9.46. The van der Waals surface area contributed by atoms with Gasteiger partial charge in [-0.05, 0) is 49.8 Å². The van der Waals surface area contributed by atoms with Crippen molar-refractivity contribution >= 4 is 11.8 Å². The second-order valence-corrected chi connectivity index (χ2v) is 7.13. The van der Waals surface area contributed by atoms with Crippen molar-refractivity contribution in [2.45, 2.75) is 25.7 Å². The third-order valence-corrected chi connectivity index (χ3v) is 5.29. The lowest BCUT2D eigenvalue weighted by atomic mass is 9.94. The summed E-state index contributed by atoms with van der Waals surface area (Å²) in [7, 11) is 1.59. The van der Waals surface area contributed by atoms with Crippen molar-refractivity contribution in [1.82, 2.24) is 10.2 Å². The Labute approximate surface area is 154 Å². The molecule has 0 radical (unpaired) electrons. The molecule has 3 rings (SSSR count). The number of nitrogens with zero attached hydrogens (tertiary/aromatic N) is 1. The van der Waals surface area contributed by atoms with Crippen LogP contribution in [0.25, 0.3) is 0 Å². The van der Waals surface area contributed by atoms with Gasteiger partial charge in [-0.1, -0.05) is 6.07 Å². The zero-order valence-electron chi connectivity index (χ0n) is 15.4. The molecule has 1 atom stereocenters. The van der Waals surface area contributed by atoms with E-state index in [0.717, 1.165) is 26.1 Å². The molecule has 1 aromatic carbocycles. The molecule has 6 heteroatoms. The Hall–Kier alpha value is -2.08. The zero-order valence-corrected chi connectivity index (χ0v) is 15.4. The van der Waals surface area contributed by atoms with Crippen LogP contribution in [-0.4, -0.2) is 56.7 Å². The number of rotatable bonds is 5. The van der Waals surface area contributed by atoms with E-state index < -0.39 is 0 Å². The maximum absolute atomic E-state index is 12.6. The third kappa shape index (κ3) is 4.75. The summed E-state index contributed by atoms with van der Waals surface area (Å²) in [6.45, 7) is 3.50. The van der Waals surface area contributed by atoms with E-state index in [1.54, 1.807) is 19.2 Å². The van der Waals surface area contributed by atoms with Gasteiger partial charge in [0, 0.05) is 37.7 Å². The number of amides is 2. The quantitative estimate of drug-likeness (QED) is 0.873. The molecule has 2 fully saturated rings. The van der Waals surface area contributed by atoms with E-state index in [0.29, 0.717) is 49.7 Å². The van der Waals surface area contributed by atoms with Crippen LogP contribution in [0.15, 0.2) is 24.3 Å². The van der Waals surface area contributed by atoms with Gasteiger partial charge in [0.2, 0.25) is 5.91 Å². The summed E-state index contributed by atoms with van der Waals surface area (Å²) in [5.41, 5.74) is 0.629. The summed E-state index contributed by atoms with van der Waals surface area (Å²) in [6, 6.07) is 7.20. The summed E-state index contributed by atoms with van der Waals surface area (Å²) < 4.78 is 10.6. The number of likely N-dealkylation sites (tertiary alicyclic amines) is 1. The fraction of sp³-hybridized carbons (Fsp3) is 0.600. The second-order valence-electron chi connectivity index (χ2n) is 7.13. The topological polar surface area (TPSA) is 67.9 Å². The van der Waals surface area contributed by atoms with Gasteiger partial charge in [-0.25, -0.2) is 0 Å². The number of carbonyl (C=O) groups is 2. The summed E-state index contributed by atoms with van der Waals surface area (Å²) in [4.78, 5) is 26.9. The minimum Gasteiger partial charge on any atom is -0.497 e. The van der Waals surface area contributed by atoms with E-state index in [1.807, 2.05) is 17.0 Å². The number of benzene rings is 1. The summed E-state index contributed by atoms with van der Waals surface area (Å²) >= 11 is 0. The molecule has 2 aliphatic heterocycles. The van der Waals surface area contributed by atoms with E-state index in [-0.39, 0.29) is 17.7 Å². The first-order chi connectivity index (χ1) is 12.7. The van der Waals surface area contributed by atoms with Crippen molar-refractivity contribution in [1.29, 1.82) is 0 Å². The molecule has 0 aliphatic carbocycles. The Bertz CT molecular complexity index is 620. The fourth-order valence-corrected chi connectivity index (χ4v) is 3.64. The van der Waals surface area contributed by atoms with Crippen molar-refractivity contribution in [2.75, 3.05) is 40.0 Å². The summed E-state index contributed by atoms with van der Waals surface area (Å²) in [5, 5.41) is 3.07. The number of carbonyl (C=O) groups excluding carboxylic acids is 2. The average Bonchev–Trinajstić information content (AvgIpc) is 2.72. The number of methoxy groups -OCH3 is 1. The fourth-order valence-electron chi connectivity index (χ4n) is 3.64. The van der Waals surface area contributed by atoms with Gasteiger partial charge in [-0.15, -0.1) is 0 Å². The van der Waals surface area contributed by atoms with Gasteiger partial charge in [0.05, 0.1) is 13.7 Å². The Balaban J connectivity index is 1.45. The molecule has 26 heavy (non-hydrogen) atoms. The van der Waals surface area contributed by atoms with Crippen molar-refractivity contribution in [3.63, 3.8) is 0 Å². The van der Waals surface area contributed by atoms with Crippen molar-refractivity contribution in [3.05, 3.63) is 29.8 Å². The van der Waals surface area contributed by atoms with Crippen LogP contribution in [0.2, 0.25) is 0 Å². The average molecular weight is 360 g/mol. The van der Waals surface area contributed by atoms with Crippen LogP contribution >= 0.6 is 0 Å². The van der Waals surface area contributed by atoms with Gasteiger partial charge in [-0.2, -0.15) is 0 Å². The van der Waals surface area contributed by atoms with Crippen LogP contribution in [0, 0.1) is 11.8 Å². The maximum Gasteiger partial charge on any atom is 0.253 e. The molecule has 0 unspecified atom stereocenters. The van der Waals surface area contributed by atoms with Crippen molar-refractivity contribution in [2.24, 2.45) is 11.8 Å². The van der Waals surface area contributed by atoms with E-state index in [4.69, 9.17) is 9.47 Å². The predicted octanol–water partition coefficient (Wildman–Crippen LogP) is 2.09. The molecule has 0 spiro atoms. The molecular weight excluding hydrogens is 332 g/mol. The molecule has 142 valence electrons. The van der Waals surface area contributed by atoms with Crippen LogP contribution in [0.3, 0.4) is 0 Å². The summed E-state index contributed by atoms with van der Waals surface area (Å²) in [6.07, 6.45) is 3.62. The Morgan fingerprint density at radius 2 is 2.08 bits per heavy atom. The number of hydrogen-bond acceptors (Lipinski definition) is 4. The number of piperidine rings is 1. The van der Waals surface area contributed by atoms with Gasteiger partial charge in [-0.3, -0.25) is 9.59 Å². The van der Waals surface area contributed by atoms with Crippen molar-refractivity contribution < 1.29 is 19.1 Å². The van der Waals surface area contributed by atoms with E-state index in [1.165, 1.54) is 0 Å². The minimum atomic E-state index is -0.00568. The molecule has 2 aliphatic rings. The number of nitrogens with one attached hydrogen (secondary N) is 1. The highest BCUT2D eigenvalue weighted by Crippen LogP contribution is 2.21. The Morgan fingerprint density at radius 3 is 2.77 bits per heavy atom. The minimum absolute atomic E-state index is 0.00196. The molecular formula is C20H28N2O4. The van der Waals surface area contributed by atoms with Crippen LogP contribution in [0.5, 0.6) is 5.75 Å². The second kappa shape index (κ2) is 9.03. The SMILES string of the molecule is COc1cccc(C(=O)N2CCC(C(=O)NC[C@@H]3CCCOC3)CC2)c1. The predicted molar refractivity (Wildman–Crippen MR) is 98.2 cm³/mol. The highest BCUT2D eigenvalue weighted by Gasteiger charge is 2.28. The Morgan fingerprint density at radius 1 is 1.27 bits per heavy atom. The molecule has 1 aromatic rings. The van der Waals surface area contributed by atoms with E-state index in [2.05, 4.69) is 5.32 Å². The van der Waals surface area contributed by atoms with Crippen LogP contribution in [-0.2, 0) is 9.53 Å². The zero-order chi connectivity index (χ0) is 18.4. The highest BCUT2D eigenvalue weighted by atomic mass is 16.5. The molecule has 6 nitrogen and oxygen atoms in total. The van der Waals surface area contributed by atoms with Gasteiger partial charge in [0.15, 0.2) is 0 Å². The number of ether oxygens (including phenoxy) is 2. The first-order valence-corrected chi connectivity index (χ1v) is 9.46. The largest absolute Gasteiger partial charge is 0.497 e. The van der Waals surface area contributed by atoms with E-state index >= 15 is 0 Å². The number of hydrogen-bond donors (Lipinski definition) is 1. The third-order valence-electron chi connectivity index (χ3n) is 5.29. The summed E-state index contributed by atoms with van der Waals surface area (Å²) in [5.74, 6) is 1.22. The van der Waals surface area contributed by atoms with E-state index in [9.17, 15) is 9.59 Å². The van der Waals surface area contributed by atoms with Crippen LogP contribution < -0.4 is 10.1 Å². The smallest absolute Gasteiger partial charge is 0.253 e. The first kappa shape index (κ1) is 18.7. The maximum atomic E-state index is 12.6. The molecule has 0 aromatic heterocycles. The molecule has 0 saturated carbocycles. The van der Waals surface area contributed by atoms with Gasteiger partial charge >= 0.3 is 0 Å². The Kier molecular flexibility index (Phi) is 6.50. The lowest BCUT2D eigenvalue weighted by Crippen LogP contribution is -2.44. The lowest BCUT2D eigenvalue weighted by molar-refractivity contribution is -0.126. The van der Waals surface area contributed by atoms with Gasteiger partial charge in [0.25, 0.3) is 5.91 Å². The molecule has 1 N–H and O–H groups in total. The molecule has 2 amide bonds. The normalized spacial score (nSPS) is 21.3. The standard InChI is InChI=1S/C20H28N2O4/c1-25-18-6-2-5-17(12-18)20(24)22-9-7-16(8-10-22)19(23)21-13-15-4-3-11-26-14-15/h2,5-6,12,15-16H,3-4,7-11,13-14H2,1H3,(H,21,23)/t15-/m0/s1. The van der Waals surface area contributed by atoms with Crippen molar-refractivity contribution in [3.8, 4) is 5.75 Å². The highest BCUT2D eigenvalue weighted by molar-refractivity contribution is 5.94. The molecule has 0 bridgehead atoms. The van der Waals surface area contributed by atoms with Gasteiger partial charge < -0.3 is 19.7 Å². The lowest BCUT2D eigenvalue weighted by Gasteiger charge is -2.32. The van der Waals surface area contributed by atoms with Crippen LogP contribution in [0.1, 0.15) is 36.0 Å². The monoisotopic (exact) mass is 360 g/mol. The molecule has 2 saturated heterocycles. The van der Waals surface area contributed by atoms with Gasteiger partial charge in [0.1, 0.15) is 5.75 Å². The van der Waals surface area contributed by atoms with Crippen LogP contribution in [0.4, 0.5) is 0 Å².